The third kappa shape index (κ3) is 6.09. The number of alkyl halides is 18. The first-order chi connectivity index (χ1) is 14.6. The Bertz CT molecular complexity index is 605. The smallest absolute Gasteiger partial charge is 0.328 e. The minimum absolute atomic E-state index is 0.954. The van der Waals surface area contributed by atoms with E-state index >= 15 is 0 Å². The van der Waals surface area contributed by atoms with Crippen LogP contribution in [0.25, 0.3) is 0 Å². The molecule has 0 unspecified atom stereocenters. The van der Waals surface area contributed by atoms with Gasteiger partial charge in [0.1, 0.15) is 0 Å². The quantitative estimate of drug-likeness (QED) is 0.249. The summed E-state index contributed by atoms with van der Waals surface area (Å²) in [5.74, 6) is -40.0. The fourth-order valence-corrected chi connectivity index (χ4v) is 2.45. The lowest BCUT2D eigenvalue weighted by atomic mass is 9.94. The van der Waals surface area contributed by atoms with Crippen LogP contribution in [0.1, 0.15) is 38.5 Å². The highest BCUT2D eigenvalue weighted by molar-refractivity contribution is 5.01. The van der Waals surface area contributed by atoms with Crippen molar-refractivity contribution in [2.24, 2.45) is 5.73 Å². The molecular weight excluding hydrogens is 536 g/mol. The lowest BCUT2D eigenvalue weighted by Crippen LogP contribution is -2.60. The molecule has 0 amide bonds. The molecule has 0 fully saturated rings. The van der Waals surface area contributed by atoms with Gasteiger partial charge in [0.05, 0.1) is 0 Å². The molecule has 0 radical (unpaired) electrons. The van der Waals surface area contributed by atoms with Crippen LogP contribution in [0.15, 0.2) is 0 Å². The molecule has 0 aromatic carbocycles. The van der Waals surface area contributed by atoms with E-state index in [0.717, 1.165) is 0 Å². The molecule has 0 saturated carbocycles. The fourth-order valence-electron chi connectivity index (χ4n) is 2.45. The number of rotatable bonds is 12. The van der Waals surface area contributed by atoms with E-state index in [4.69, 9.17) is 5.73 Å². The van der Waals surface area contributed by atoms with Crippen molar-refractivity contribution in [3.8, 4) is 0 Å². The highest BCUT2D eigenvalue weighted by Gasteiger charge is 2.82. The Hall–Kier alpha value is -1.30. The maximum absolute atomic E-state index is 13.3. The number of hydrogen-bond acceptors (Lipinski definition) is 1. The Morgan fingerprint density at radius 1 is 0.412 bits per heavy atom. The monoisotopic (exact) mass is 551 g/mol. The van der Waals surface area contributed by atoms with Crippen LogP contribution in [0.2, 0.25) is 0 Å². The summed E-state index contributed by atoms with van der Waals surface area (Å²) in [5.41, 5.74) is 5.14. The molecule has 0 spiro atoms. The standard InChI is InChI=1S/C15H15F18N/c16-8(17,10(20,21)12(24,25)14(28,29)30)5-1-3-7(34)4-2-6-9(18,19)11(22,23)13(26,27)15(31,32)33/h7H,1-6,34H2. The maximum Gasteiger partial charge on any atom is 0.460 e. The normalized spacial score (nSPS) is 15.9. The van der Waals surface area contributed by atoms with Crippen molar-refractivity contribution >= 4 is 0 Å². The second kappa shape index (κ2) is 9.63. The van der Waals surface area contributed by atoms with Gasteiger partial charge in [-0.15, -0.1) is 0 Å². The molecule has 19 heteroatoms. The number of hydrogen-bond donors (Lipinski definition) is 1. The second-order valence-corrected chi connectivity index (χ2v) is 7.25. The van der Waals surface area contributed by atoms with Crippen LogP contribution in [0, 0.1) is 0 Å². The van der Waals surface area contributed by atoms with Gasteiger partial charge in [-0.1, -0.05) is 0 Å². The molecule has 0 aromatic heterocycles. The topological polar surface area (TPSA) is 26.0 Å². The van der Waals surface area contributed by atoms with Gasteiger partial charge in [0.25, 0.3) is 0 Å². The van der Waals surface area contributed by atoms with Crippen molar-refractivity contribution in [1.82, 2.24) is 0 Å². The summed E-state index contributed by atoms with van der Waals surface area (Å²) in [6.07, 6.45) is -23.3. The zero-order valence-electron chi connectivity index (χ0n) is 16.2. The highest BCUT2D eigenvalue weighted by atomic mass is 19.4. The largest absolute Gasteiger partial charge is 0.460 e. The van der Waals surface area contributed by atoms with E-state index in [1.54, 1.807) is 0 Å². The summed E-state index contributed by atoms with van der Waals surface area (Å²) in [6.45, 7) is 0. The summed E-state index contributed by atoms with van der Waals surface area (Å²) in [5, 5.41) is 0. The first kappa shape index (κ1) is 32.7. The van der Waals surface area contributed by atoms with Crippen LogP contribution in [0.3, 0.4) is 0 Å². The van der Waals surface area contributed by atoms with E-state index in [0.29, 0.717) is 0 Å². The Kier molecular flexibility index (Phi) is 9.26. The van der Waals surface area contributed by atoms with Crippen molar-refractivity contribution in [1.29, 1.82) is 0 Å². The van der Waals surface area contributed by atoms with E-state index < -0.39 is 92.5 Å². The Labute approximate surface area is 178 Å². The number of halogens is 18. The molecule has 0 rings (SSSR count). The van der Waals surface area contributed by atoms with Gasteiger partial charge in [-0.05, 0) is 25.7 Å². The van der Waals surface area contributed by atoms with E-state index in [-0.39, 0.29) is 0 Å². The van der Waals surface area contributed by atoms with Crippen LogP contribution in [-0.4, -0.2) is 53.9 Å². The lowest BCUT2D eigenvalue weighted by molar-refractivity contribution is -0.396. The summed E-state index contributed by atoms with van der Waals surface area (Å²) in [7, 11) is 0. The molecule has 34 heavy (non-hydrogen) atoms. The predicted molar refractivity (Wildman–Crippen MR) is 77.5 cm³/mol. The molecule has 0 aliphatic heterocycles. The van der Waals surface area contributed by atoms with Gasteiger partial charge in [0.2, 0.25) is 0 Å². The predicted octanol–water partition coefficient (Wildman–Crippen LogP) is 7.59. The van der Waals surface area contributed by atoms with Crippen LogP contribution in [0.4, 0.5) is 79.0 Å². The molecule has 0 heterocycles. The fraction of sp³-hybridized carbons (Fsp3) is 1.00. The summed E-state index contributed by atoms with van der Waals surface area (Å²) < 4.78 is 228. The molecule has 0 aromatic rings. The third-order valence-corrected chi connectivity index (χ3v) is 4.55. The summed E-state index contributed by atoms with van der Waals surface area (Å²) in [6, 6.07) is -1.65. The average molecular weight is 551 g/mol. The van der Waals surface area contributed by atoms with Gasteiger partial charge >= 0.3 is 47.9 Å². The molecule has 1 nitrogen and oxygen atoms in total. The summed E-state index contributed by atoms with van der Waals surface area (Å²) >= 11 is 0. The highest BCUT2D eigenvalue weighted by Crippen LogP contribution is 2.55. The van der Waals surface area contributed by atoms with Gasteiger partial charge in [-0.25, -0.2) is 0 Å². The lowest BCUT2D eigenvalue weighted by Gasteiger charge is -2.34. The molecular formula is C15H15F18N. The minimum atomic E-state index is -7.14. The zero-order valence-corrected chi connectivity index (χ0v) is 16.2. The Balaban J connectivity index is 4.96. The van der Waals surface area contributed by atoms with Gasteiger partial charge in [-0.3, -0.25) is 0 Å². The Morgan fingerprint density at radius 2 is 0.647 bits per heavy atom. The van der Waals surface area contributed by atoms with Gasteiger partial charge in [-0.2, -0.15) is 79.0 Å². The van der Waals surface area contributed by atoms with Crippen LogP contribution < -0.4 is 5.73 Å². The SMILES string of the molecule is NC(CCCC(F)(F)C(F)(F)C(F)(F)C(F)(F)F)CCCC(F)(F)C(F)(F)C(F)(F)C(F)(F)F. The van der Waals surface area contributed by atoms with E-state index in [9.17, 15) is 79.0 Å². The first-order valence-corrected chi connectivity index (χ1v) is 8.76. The van der Waals surface area contributed by atoms with Crippen molar-refractivity contribution in [3.05, 3.63) is 0 Å². The Morgan fingerprint density at radius 3 is 0.853 bits per heavy atom. The maximum atomic E-state index is 13.3. The van der Waals surface area contributed by atoms with E-state index in [1.807, 2.05) is 0 Å². The molecule has 0 aliphatic rings. The average Bonchev–Trinajstić information content (AvgIpc) is 2.58. The first-order valence-electron chi connectivity index (χ1n) is 8.76. The van der Waals surface area contributed by atoms with Crippen LogP contribution >= 0.6 is 0 Å². The number of nitrogens with two attached hydrogens (primary N) is 1. The van der Waals surface area contributed by atoms with Crippen LogP contribution in [0.5, 0.6) is 0 Å². The van der Waals surface area contributed by atoms with Gasteiger partial charge in [0.15, 0.2) is 0 Å². The van der Waals surface area contributed by atoms with Crippen molar-refractivity contribution < 1.29 is 79.0 Å². The van der Waals surface area contributed by atoms with Gasteiger partial charge < -0.3 is 5.73 Å². The molecule has 0 saturated heterocycles. The van der Waals surface area contributed by atoms with Crippen molar-refractivity contribution in [3.63, 3.8) is 0 Å². The van der Waals surface area contributed by atoms with Crippen LogP contribution in [-0.2, 0) is 0 Å². The third-order valence-electron chi connectivity index (χ3n) is 4.55. The van der Waals surface area contributed by atoms with Crippen molar-refractivity contribution in [2.45, 2.75) is 92.5 Å². The second-order valence-electron chi connectivity index (χ2n) is 7.25. The van der Waals surface area contributed by atoms with Crippen molar-refractivity contribution in [2.75, 3.05) is 0 Å². The molecule has 0 aliphatic carbocycles. The molecule has 2 N–H and O–H groups in total. The van der Waals surface area contributed by atoms with E-state index in [1.165, 1.54) is 0 Å². The zero-order chi connectivity index (χ0) is 27.8. The van der Waals surface area contributed by atoms with Gasteiger partial charge in [0, 0.05) is 18.9 Å². The molecule has 0 atom stereocenters. The van der Waals surface area contributed by atoms with E-state index in [2.05, 4.69) is 0 Å². The molecule has 206 valence electrons. The molecule has 0 bridgehead atoms. The summed E-state index contributed by atoms with van der Waals surface area (Å²) in [4.78, 5) is 0. The minimum Gasteiger partial charge on any atom is -0.328 e.